The van der Waals surface area contributed by atoms with Gasteiger partial charge in [0, 0.05) is 12.2 Å². The van der Waals surface area contributed by atoms with E-state index in [2.05, 4.69) is 35.3 Å². The molecule has 1 atom stereocenters. The molecule has 4 rings (SSSR count). The Balaban J connectivity index is 1.59. The normalized spacial score (nSPS) is 14.6. The molecule has 36 heavy (non-hydrogen) atoms. The van der Waals surface area contributed by atoms with Crippen molar-refractivity contribution in [2.75, 3.05) is 39.3 Å². The number of anilines is 1. The molecule has 3 aromatic carbocycles. The molecule has 0 saturated heterocycles. The average Bonchev–Trinajstić information content (AvgIpc) is 2.92. The minimum absolute atomic E-state index is 0.0953. The van der Waals surface area contributed by atoms with E-state index < -0.39 is 0 Å². The standard InChI is InChI=1S/C29H34N2O4S/c1-5-20-7-11-24(12-8-20)35-19-26-25-18-28(33-4)27(32-3)17-21(25)15-16-31(26)29(36)30-22-9-13-23(14-10-22)34-6-2/h7-14,17-18,26H,5-6,15-16,19H2,1-4H3,(H,30,36). The van der Waals surface area contributed by atoms with Crippen molar-refractivity contribution in [3.8, 4) is 23.0 Å². The van der Waals surface area contributed by atoms with Crippen molar-refractivity contribution in [3.63, 3.8) is 0 Å². The highest BCUT2D eigenvalue weighted by Crippen LogP contribution is 2.38. The molecule has 1 unspecified atom stereocenters. The first kappa shape index (κ1) is 25.6. The first-order valence-corrected chi connectivity index (χ1v) is 12.7. The number of hydrogen-bond donors (Lipinski definition) is 1. The van der Waals surface area contributed by atoms with Crippen molar-refractivity contribution >= 4 is 23.0 Å². The Bertz CT molecular complexity index is 1170. The second-order valence-corrected chi connectivity index (χ2v) is 8.95. The minimum atomic E-state index is -0.0953. The van der Waals surface area contributed by atoms with E-state index >= 15 is 0 Å². The van der Waals surface area contributed by atoms with Crippen LogP contribution < -0.4 is 24.3 Å². The summed E-state index contributed by atoms with van der Waals surface area (Å²) in [6.45, 7) is 5.95. The highest BCUT2D eigenvalue weighted by molar-refractivity contribution is 7.80. The van der Waals surface area contributed by atoms with Gasteiger partial charge in [0.1, 0.15) is 18.1 Å². The fourth-order valence-corrected chi connectivity index (χ4v) is 4.78. The zero-order chi connectivity index (χ0) is 25.5. The molecule has 1 aliphatic rings. The molecular weight excluding hydrogens is 472 g/mol. The molecule has 0 spiro atoms. The van der Waals surface area contributed by atoms with E-state index in [1.54, 1.807) is 14.2 Å². The Morgan fingerprint density at radius 3 is 2.19 bits per heavy atom. The molecule has 0 fully saturated rings. The molecule has 7 heteroatoms. The summed E-state index contributed by atoms with van der Waals surface area (Å²) in [6.07, 6.45) is 1.83. The first-order valence-electron chi connectivity index (χ1n) is 12.3. The number of nitrogens with one attached hydrogen (secondary N) is 1. The molecule has 0 saturated carbocycles. The summed E-state index contributed by atoms with van der Waals surface area (Å²) in [7, 11) is 3.32. The molecule has 6 nitrogen and oxygen atoms in total. The van der Waals surface area contributed by atoms with E-state index in [0.717, 1.165) is 47.9 Å². The van der Waals surface area contributed by atoms with Crippen molar-refractivity contribution in [2.45, 2.75) is 32.7 Å². The molecule has 0 aromatic heterocycles. The van der Waals surface area contributed by atoms with Crippen molar-refractivity contribution in [1.82, 2.24) is 4.90 Å². The second-order valence-electron chi connectivity index (χ2n) is 8.56. The highest BCUT2D eigenvalue weighted by atomic mass is 32.1. The van der Waals surface area contributed by atoms with Gasteiger partial charge in [0.25, 0.3) is 0 Å². The number of aryl methyl sites for hydroxylation is 1. The summed E-state index contributed by atoms with van der Waals surface area (Å²) >= 11 is 5.89. The Labute approximate surface area is 219 Å². The van der Waals surface area contributed by atoms with Gasteiger partial charge in [0.05, 0.1) is 26.9 Å². The molecule has 0 amide bonds. The number of nitrogens with zero attached hydrogens (tertiary/aromatic N) is 1. The predicted octanol–water partition coefficient (Wildman–Crippen LogP) is 6.04. The van der Waals surface area contributed by atoms with Crippen LogP contribution in [0.4, 0.5) is 5.69 Å². The van der Waals surface area contributed by atoms with Crippen LogP contribution in [0.25, 0.3) is 0 Å². The Morgan fingerprint density at radius 1 is 0.917 bits per heavy atom. The van der Waals surface area contributed by atoms with Crippen molar-refractivity contribution in [3.05, 3.63) is 77.4 Å². The summed E-state index contributed by atoms with van der Waals surface area (Å²) in [5, 5.41) is 4.04. The smallest absolute Gasteiger partial charge is 0.174 e. The Morgan fingerprint density at radius 2 is 1.56 bits per heavy atom. The van der Waals surface area contributed by atoms with E-state index in [1.807, 2.05) is 49.4 Å². The fraction of sp³-hybridized carbons (Fsp3) is 0.345. The minimum Gasteiger partial charge on any atom is -0.494 e. The number of methoxy groups -OCH3 is 2. The van der Waals surface area contributed by atoms with Gasteiger partial charge in [-0.05, 0) is 97.2 Å². The molecule has 0 bridgehead atoms. The lowest BCUT2D eigenvalue weighted by molar-refractivity contribution is 0.190. The molecule has 3 aromatic rings. The summed E-state index contributed by atoms with van der Waals surface area (Å²) < 4.78 is 23.0. The zero-order valence-electron chi connectivity index (χ0n) is 21.4. The molecular formula is C29H34N2O4S. The average molecular weight is 507 g/mol. The van der Waals surface area contributed by atoms with E-state index in [9.17, 15) is 0 Å². The number of fused-ring (bicyclic) bond motifs is 1. The monoisotopic (exact) mass is 506 g/mol. The summed E-state index contributed by atoms with van der Waals surface area (Å²) in [6, 6.07) is 20.1. The third-order valence-corrected chi connectivity index (χ3v) is 6.76. The number of thiocarbonyl (C=S) groups is 1. The number of ether oxygens (including phenoxy) is 4. The lowest BCUT2D eigenvalue weighted by atomic mass is 9.92. The fourth-order valence-electron chi connectivity index (χ4n) is 4.44. The molecule has 1 N–H and O–H groups in total. The third-order valence-electron chi connectivity index (χ3n) is 6.42. The molecule has 0 aliphatic carbocycles. The molecule has 0 radical (unpaired) electrons. The maximum Gasteiger partial charge on any atom is 0.174 e. The summed E-state index contributed by atoms with van der Waals surface area (Å²) in [4.78, 5) is 2.19. The molecule has 1 aliphatic heterocycles. The van der Waals surface area contributed by atoms with Crippen LogP contribution >= 0.6 is 12.2 Å². The van der Waals surface area contributed by atoms with Gasteiger partial charge in [-0.1, -0.05) is 19.1 Å². The van der Waals surface area contributed by atoms with Gasteiger partial charge >= 0.3 is 0 Å². The van der Waals surface area contributed by atoms with Crippen LogP contribution in [0.3, 0.4) is 0 Å². The lowest BCUT2D eigenvalue weighted by Crippen LogP contribution is -2.44. The SMILES string of the molecule is CCOc1ccc(NC(=S)N2CCc3cc(OC)c(OC)cc3C2COc2ccc(CC)cc2)cc1. The Hall–Kier alpha value is -3.45. The predicted molar refractivity (Wildman–Crippen MR) is 148 cm³/mol. The van der Waals surface area contributed by atoms with Gasteiger partial charge in [-0.2, -0.15) is 0 Å². The van der Waals surface area contributed by atoms with E-state index in [4.69, 9.17) is 31.2 Å². The van der Waals surface area contributed by atoms with E-state index in [0.29, 0.717) is 24.1 Å². The zero-order valence-corrected chi connectivity index (χ0v) is 22.2. The second kappa shape index (κ2) is 12.0. The van der Waals surface area contributed by atoms with Gasteiger partial charge in [0.15, 0.2) is 16.6 Å². The van der Waals surface area contributed by atoms with Gasteiger partial charge in [-0.3, -0.25) is 0 Å². The topological polar surface area (TPSA) is 52.2 Å². The van der Waals surface area contributed by atoms with Crippen molar-refractivity contribution in [1.29, 1.82) is 0 Å². The summed E-state index contributed by atoms with van der Waals surface area (Å²) in [5.41, 5.74) is 4.53. The number of hydrogen-bond acceptors (Lipinski definition) is 5. The highest BCUT2D eigenvalue weighted by Gasteiger charge is 2.31. The van der Waals surface area contributed by atoms with Crippen LogP contribution in [0, 0.1) is 0 Å². The molecule has 1 heterocycles. The number of rotatable bonds is 9. The van der Waals surface area contributed by atoms with Crippen LogP contribution in [-0.4, -0.2) is 44.0 Å². The van der Waals surface area contributed by atoms with Gasteiger partial charge in [-0.15, -0.1) is 0 Å². The van der Waals surface area contributed by atoms with E-state index in [-0.39, 0.29) is 6.04 Å². The molecule has 190 valence electrons. The Kier molecular flexibility index (Phi) is 8.54. The lowest BCUT2D eigenvalue weighted by Gasteiger charge is -2.39. The van der Waals surface area contributed by atoms with Crippen molar-refractivity contribution in [2.24, 2.45) is 0 Å². The van der Waals surface area contributed by atoms with Gasteiger partial charge in [0.2, 0.25) is 0 Å². The quantitative estimate of drug-likeness (QED) is 0.355. The maximum absolute atomic E-state index is 6.29. The van der Waals surface area contributed by atoms with Crippen LogP contribution in [0.2, 0.25) is 0 Å². The van der Waals surface area contributed by atoms with Crippen LogP contribution in [0.15, 0.2) is 60.7 Å². The largest absolute Gasteiger partial charge is 0.494 e. The van der Waals surface area contributed by atoms with Gasteiger partial charge in [-0.25, -0.2) is 0 Å². The third kappa shape index (κ3) is 5.85. The first-order chi connectivity index (χ1) is 17.6. The van der Waals surface area contributed by atoms with Gasteiger partial charge < -0.3 is 29.2 Å². The maximum atomic E-state index is 6.29. The van der Waals surface area contributed by atoms with E-state index in [1.165, 1.54) is 11.1 Å². The van der Waals surface area contributed by atoms with Crippen LogP contribution in [-0.2, 0) is 12.8 Å². The summed E-state index contributed by atoms with van der Waals surface area (Å²) in [5.74, 6) is 3.10. The van der Waals surface area contributed by atoms with Crippen molar-refractivity contribution < 1.29 is 18.9 Å². The number of benzene rings is 3. The van der Waals surface area contributed by atoms with Crippen LogP contribution in [0.5, 0.6) is 23.0 Å². The van der Waals surface area contributed by atoms with Crippen LogP contribution in [0.1, 0.15) is 36.6 Å².